The number of benzene rings is 2. The lowest BCUT2D eigenvalue weighted by atomic mass is 9.89. The molecule has 1 atom stereocenters. The molecule has 0 aliphatic carbocycles. The summed E-state index contributed by atoms with van der Waals surface area (Å²) in [5.74, 6) is -0.321. The van der Waals surface area contributed by atoms with Crippen LogP contribution in [0.3, 0.4) is 0 Å². The summed E-state index contributed by atoms with van der Waals surface area (Å²) in [6.07, 6.45) is 2.58. The molecule has 4 heterocycles. The number of hydrogen-bond acceptors (Lipinski definition) is 9. The zero-order valence-corrected chi connectivity index (χ0v) is 24.6. The minimum atomic E-state index is -3.14. The van der Waals surface area contributed by atoms with Crippen molar-refractivity contribution in [2.75, 3.05) is 30.9 Å². The van der Waals surface area contributed by atoms with Crippen molar-refractivity contribution in [3.63, 3.8) is 0 Å². The molecule has 6 rings (SSSR count). The number of carboxylic acid groups (broad SMARTS) is 1. The number of carbonyl (C=O) groups is 1. The van der Waals surface area contributed by atoms with Crippen LogP contribution in [-0.2, 0) is 25.8 Å². The third-order valence-corrected chi connectivity index (χ3v) is 10.1. The predicted molar refractivity (Wildman–Crippen MR) is 156 cm³/mol. The van der Waals surface area contributed by atoms with E-state index in [2.05, 4.69) is 0 Å². The normalized spacial score (nSPS) is 16.7. The van der Waals surface area contributed by atoms with Gasteiger partial charge in [-0.05, 0) is 63.1 Å². The summed E-state index contributed by atoms with van der Waals surface area (Å²) in [7, 11) is -3.14. The average Bonchev–Trinajstić information content (AvgIpc) is 3.23. The number of carboxylic acids is 1. The predicted octanol–water partition coefficient (Wildman–Crippen LogP) is 4.93. The number of aryl methyl sites for hydroxylation is 1. The molecule has 11 heteroatoms. The maximum atomic E-state index is 12.7. The van der Waals surface area contributed by atoms with E-state index in [-0.39, 0.29) is 0 Å². The zero-order valence-electron chi connectivity index (χ0n) is 23.0. The molecule has 4 aromatic rings. The van der Waals surface area contributed by atoms with E-state index in [1.54, 1.807) is 6.20 Å². The van der Waals surface area contributed by atoms with Gasteiger partial charge in [0.25, 0.3) is 0 Å². The Hall–Kier alpha value is -3.28. The molecular weight excluding hydrogens is 550 g/mol. The first-order valence-corrected chi connectivity index (χ1v) is 15.9. The second kappa shape index (κ2) is 9.39. The van der Waals surface area contributed by atoms with Crippen LogP contribution in [0, 0.1) is 6.92 Å². The van der Waals surface area contributed by atoms with Gasteiger partial charge in [-0.1, -0.05) is 11.3 Å². The molecule has 0 amide bonds. The van der Waals surface area contributed by atoms with Crippen molar-refractivity contribution in [2.45, 2.75) is 51.1 Å². The summed E-state index contributed by atoms with van der Waals surface area (Å²) in [6.45, 7) is 8.74. The van der Waals surface area contributed by atoms with Gasteiger partial charge >= 0.3 is 5.97 Å². The third-order valence-electron chi connectivity index (χ3n) is 7.44. The second-order valence-corrected chi connectivity index (χ2v) is 14.8. The summed E-state index contributed by atoms with van der Waals surface area (Å²) in [6, 6.07) is 7.76. The molecule has 0 radical (unpaired) electrons. The Balaban J connectivity index is 1.62. The fourth-order valence-electron chi connectivity index (χ4n) is 5.49. The zero-order chi connectivity index (χ0) is 28.6. The van der Waals surface area contributed by atoms with Gasteiger partial charge in [0.15, 0.2) is 21.1 Å². The van der Waals surface area contributed by atoms with Crippen LogP contribution in [0.15, 0.2) is 30.5 Å². The van der Waals surface area contributed by atoms with Crippen LogP contribution < -0.4 is 9.64 Å². The number of aromatic nitrogens is 2. The number of sulfone groups is 1. The number of rotatable bonds is 6. The molecule has 2 aliphatic rings. The van der Waals surface area contributed by atoms with Crippen LogP contribution in [0.4, 0.5) is 5.13 Å². The average molecular weight is 582 g/mol. The van der Waals surface area contributed by atoms with E-state index in [4.69, 9.17) is 19.4 Å². The topological polar surface area (TPSA) is 119 Å². The quantitative estimate of drug-likeness (QED) is 0.338. The first kappa shape index (κ1) is 26.9. The molecule has 2 aromatic carbocycles. The van der Waals surface area contributed by atoms with Gasteiger partial charge < -0.3 is 19.5 Å². The molecule has 0 bridgehead atoms. The molecule has 210 valence electrons. The Bertz CT molecular complexity index is 1780. The van der Waals surface area contributed by atoms with Crippen LogP contribution in [-0.4, -0.2) is 66.3 Å². The fraction of sp³-hybridized carbons (Fsp3) is 0.414. The monoisotopic (exact) mass is 581 g/mol. The van der Waals surface area contributed by atoms with Crippen molar-refractivity contribution in [1.29, 1.82) is 0 Å². The number of hydrogen-bond donors (Lipinski definition) is 1. The number of nitrogens with zero attached hydrogens (tertiary/aromatic N) is 3. The van der Waals surface area contributed by atoms with Crippen molar-refractivity contribution >= 4 is 53.4 Å². The smallest absolute Gasteiger partial charge is 0.337 e. The minimum absolute atomic E-state index is 0.380. The Morgan fingerprint density at radius 1 is 1.25 bits per heavy atom. The highest BCUT2D eigenvalue weighted by Crippen LogP contribution is 2.47. The molecule has 2 aromatic heterocycles. The summed E-state index contributed by atoms with van der Waals surface area (Å²) in [5, 5.41) is 11.6. The lowest BCUT2D eigenvalue weighted by Crippen LogP contribution is -2.54. The third kappa shape index (κ3) is 4.59. The second-order valence-electron chi connectivity index (χ2n) is 11.5. The molecular formula is C29H31N3O6S2. The highest BCUT2D eigenvalue weighted by atomic mass is 32.2. The first-order chi connectivity index (χ1) is 18.8. The van der Waals surface area contributed by atoms with E-state index in [0.717, 1.165) is 55.5 Å². The number of thiazole rings is 1. The highest BCUT2D eigenvalue weighted by Gasteiger charge is 2.37. The minimum Gasteiger partial charge on any atom is -0.493 e. The Labute approximate surface area is 236 Å². The Morgan fingerprint density at radius 2 is 2.00 bits per heavy atom. The largest absolute Gasteiger partial charge is 0.493 e. The summed E-state index contributed by atoms with van der Waals surface area (Å²) < 4.78 is 37.0. The Kier molecular flexibility index (Phi) is 6.32. The maximum absolute atomic E-state index is 12.7. The lowest BCUT2D eigenvalue weighted by molar-refractivity contribution is -0.160. The van der Waals surface area contributed by atoms with Crippen LogP contribution >= 0.6 is 11.3 Å². The molecule has 1 saturated heterocycles. The Morgan fingerprint density at radius 3 is 2.67 bits per heavy atom. The van der Waals surface area contributed by atoms with Gasteiger partial charge in [-0.25, -0.2) is 18.2 Å². The molecule has 1 unspecified atom stereocenters. The van der Waals surface area contributed by atoms with Crippen molar-refractivity contribution in [3.8, 4) is 16.9 Å². The van der Waals surface area contributed by atoms with Crippen LogP contribution in [0.25, 0.3) is 32.2 Å². The molecule has 9 nitrogen and oxygen atoms in total. The van der Waals surface area contributed by atoms with Gasteiger partial charge in [0, 0.05) is 54.0 Å². The van der Waals surface area contributed by atoms with Gasteiger partial charge in [0.2, 0.25) is 0 Å². The number of fused-ring (bicyclic) bond motifs is 1. The summed E-state index contributed by atoms with van der Waals surface area (Å²) >= 11 is 1.43. The molecule has 0 saturated carbocycles. The van der Waals surface area contributed by atoms with E-state index in [1.807, 2.05) is 56.9 Å². The van der Waals surface area contributed by atoms with Crippen molar-refractivity contribution in [2.24, 2.45) is 0 Å². The summed E-state index contributed by atoms with van der Waals surface area (Å²) in [5.41, 5.74) is 4.67. The molecule has 1 fully saturated rings. The number of aliphatic carboxylic acids is 1. The molecule has 2 aliphatic heterocycles. The molecule has 1 N–H and O–H groups in total. The SMILES string of the molecule is Cc1cc2nc(N3CC(S(C)(=O)=O)C3)sc2c(-c2ccc3c4c(ccnc24)CCO3)c1C(OC(C)(C)C)C(=O)O. The molecule has 40 heavy (non-hydrogen) atoms. The van der Waals surface area contributed by atoms with Crippen LogP contribution in [0.1, 0.15) is 43.6 Å². The van der Waals surface area contributed by atoms with E-state index < -0.39 is 32.8 Å². The molecule has 0 spiro atoms. The van der Waals surface area contributed by atoms with E-state index in [1.165, 1.54) is 17.6 Å². The maximum Gasteiger partial charge on any atom is 0.337 e. The first-order valence-electron chi connectivity index (χ1n) is 13.1. The van der Waals surface area contributed by atoms with Gasteiger partial charge in [-0.2, -0.15) is 0 Å². The number of anilines is 1. The van der Waals surface area contributed by atoms with Crippen LogP contribution in [0.2, 0.25) is 0 Å². The van der Waals surface area contributed by atoms with Gasteiger partial charge in [-0.15, -0.1) is 0 Å². The highest BCUT2D eigenvalue weighted by molar-refractivity contribution is 7.91. The fourth-order valence-corrected chi connectivity index (χ4v) is 7.53. The van der Waals surface area contributed by atoms with Crippen molar-refractivity contribution < 1.29 is 27.8 Å². The van der Waals surface area contributed by atoms with Crippen molar-refractivity contribution in [1.82, 2.24) is 9.97 Å². The van der Waals surface area contributed by atoms with E-state index in [9.17, 15) is 18.3 Å². The van der Waals surface area contributed by atoms with Gasteiger partial charge in [-0.3, -0.25) is 4.98 Å². The summed E-state index contributed by atoms with van der Waals surface area (Å²) in [4.78, 5) is 24.3. The van der Waals surface area contributed by atoms with E-state index in [0.29, 0.717) is 30.4 Å². The number of ether oxygens (including phenoxy) is 2. The van der Waals surface area contributed by atoms with Gasteiger partial charge in [0.1, 0.15) is 5.75 Å². The van der Waals surface area contributed by atoms with Crippen LogP contribution in [0.5, 0.6) is 5.75 Å². The number of pyridine rings is 1. The van der Waals surface area contributed by atoms with Crippen molar-refractivity contribution in [3.05, 3.63) is 47.2 Å². The van der Waals surface area contributed by atoms with Gasteiger partial charge in [0.05, 0.1) is 33.2 Å². The van der Waals surface area contributed by atoms with E-state index >= 15 is 0 Å². The standard InChI is InChI=1S/C29H31N3O6S2/c1-15-12-19-26(39-28(31-19)32-13-17(14-32)40(5,35)36)23(21(15)25(27(33)34)38-29(2,3)4)18-6-7-20-22-16(9-11-37-20)8-10-30-24(18)22/h6-8,10,12,17,25H,9,11,13-14H2,1-5H3,(H,33,34). The lowest BCUT2D eigenvalue weighted by Gasteiger charge is -2.37.